The maximum absolute atomic E-state index is 11.1. The molecule has 0 heterocycles. The second-order valence-corrected chi connectivity index (χ2v) is 6.44. The van der Waals surface area contributed by atoms with E-state index >= 15 is 0 Å². The van der Waals surface area contributed by atoms with Crippen LogP contribution in [0.4, 0.5) is 5.69 Å². The molecular weight excluding hydrogens is 330 g/mol. The van der Waals surface area contributed by atoms with E-state index in [-0.39, 0.29) is 0 Å². The van der Waals surface area contributed by atoms with Crippen molar-refractivity contribution < 1.29 is 9.84 Å². The van der Waals surface area contributed by atoms with Crippen LogP contribution in [0.3, 0.4) is 0 Å². The number of aryl methyl sites for hydroxylation is 1. The summed E-state index contributed by atoms with van der Waals surface area (Å²) in [5.41, 5.74) is 8.93. The van der Waals surface area contributed by atoms with Gasteiger partial charge in [-0.05, 0) is 59.9 Å². The van der Waals surface area contributed by atoms with Crippen LogP contribution >= 0.6 is 15.9 Å². The van der Waals surface area contributed by atoms with E-state index in [1.54, 1.807) is 7.11 Å². The smallest absolute Gasteiger partial charge is 0.119 e. The molecule has 0 aliphatic heterocycles. The molecule has 0 bridgehead atoms. The van der Waals surface area contributed by atoms with Crippen LogP contribution in [0.5, 0.6) is 5.75 Å². The maximum Gasteiger partial charge on any atom is 0.119 e. The highest BCUT2D eigenvalue weighted by Gasteiger charge is 2.37. The maximum atomic E-state index is 11.1. The zero-order valence-electron chi connectivity index (χ0n) is 11.9. The predicted octanol–water partition coefficient (Wildman–Crippen LogP) is 3.42. The molecule has 0 aromatic heterocycles. The molecule has 1 aliphatic rings. The van der Waals surface area contributed by atoms with Crippen LogP contribution in [-0.2, 0) is 18.4 Å². The Morgan fingerprint density at radius 1 is 1.29 bits per heavy atom. The van der Waals surface area contributed by atoms with Gasteiger partial charge in [0.15, 0.2) is 0 Å². The molecule has 1 aliphatic carbocycles. The molecule has 0 spiro atoms. The Labute approximate surface area is 132 Å². The van der Waals surface area contributed by atoms with Gasteiger partial charge in [0, 0.05) is 16.6 Å². The molecule has 3 N–H and O–H groups in total. The minimum Gasteiger partial charge on any atom is -0.497 e. The minimum absolute atomic E-state index is 0.557. The van der Waals surface area contributed by atoms with Crippen molar-refractivity contribution in [1.29, 1.82) is 0 Å². The molecule has 110 valence electrons. The number of hydrogen-bond donors (Lipinski definition) is 2. The number of halogens is 1. The first-order valence-corrected chi connectivity index (χ1v) is 7.75. The van der Waals surface area contributed by atoms with Gasteiger partial charge < -0.3 is 15.6 Å². The summed E-state index contributed by atoms with van der Waals surface area (Å²) in [5.74, 6) is 0.798. The fourth-order valence-electron chi connectivity index (χ4n) is 3.06. The Morgan fingerprint density at radius 3 is 2.86 bits per heavy atom. The molecule has 3 nitrogen and oxygen atoms in total. The van der Waals surface area contributed by atoms with E-state index in [2.05, 4.69) is 15.9 Å². The topological polar surface area (TPSA) is 55.5 Å². The number of fused-ring (bicyclic) bond motifs is 1. The van der Waals surface area contributed by atoms with E-state index in [1.807, 2.05) is 36.4 Å². The standard InChI is InChI=1S/C17H18BrNO2/c1-21-14-3-5-16(18)12(9-14)10-17(20)7-6-11-8-13(19)2-4-15(11)17/h2-5,8-9,20H,6-7,10,19H2,1H3. The van der Waals surface area contributed by atoms with Crippen molar-refractivity contribution in [3.8, 4) is 5.75 Å². The molecule has 0 radical (unpaired) electrons. The minimum atomic E-state index is -0.835. The lowest BCUT2D eigenvalue weighted by atomic mass is 9.88. The zero-order chi connectivity index (χ0) is 15.0. The van der Waals surface area contributed by atoms with Crippen molar-refractivity contribution >= 4 is 21.6 Å². The molecule has 1 unspecified atom stereocenters. The molecule has 0 saturated carbocycles. The second kappa shape index (κ2) is 5.35. The highest BCUT2D eigenvalue weighted by molar-refractivity contribution is 9.10. The second-order valence-electron chi connectivity index (χ2n) is 5.58. The van der Waals surface area contributed by atoms with E-state index in [1.165, 1.54) is 0 Å². The van der Waals surface area contributed by atoms with Crippen LogP contribution in [-0.4, -0.2) is 12.2 Å². The molecule has 2 aromatic carbocycles. The average molecular weight is 348 g/mol. The average Bonchev–Trinajstić information content (AvgIpc) is 2.78. The van der Waals surface area contributed by atoms with Gasteiger partial charge in [-0.1, -0.05) is 22.0 Å². The number of hydrogen-bond acceptors (Lipinski definition) is 3. The van der Waals surface area contributed by atoms with Crippen molar-refractivity contribution in [1.82, 2.24) is 0 Å². The van der Waals surface area contributed by atoms with Crippen LogP contribution in [0.2, 0.25) is 0 Å². The summed E-state index contributed by atoms with van der Waals surface area (Å²) in [7, 11) is 1.65. The third-order valence-corrected chi connectivity index (χ3v) is 4.95. The van der Waals surface area contributed by atoms with Gasteiger partial charge in [0.05, 0.1) is 12.7 Å². The molecule has 2 aromatic rings. The summed E-state index contributed by atoms with van der Waals surface area (Å²) in [4.78, 5) is 0. The summed E-state index contributed by atoms with van der Waals surface area (Å²) >= 11 is 3.56. The lowest BCUT2D eigenvalue weighted by Gasteiger charge is -2.25. The number of rotatable bonds is 3. The van der Waals surface area contributed by atoms with E-state index < -0.39 is 5.60 Å². The third-order valence-electron chi connectivity index (χ3n) is 4.17. The lowest BCUT2D eigenvalue weighted by molar-refractivity contribution is 0.0388. The molecular formula is C17H18BrNO2. The van der Waals surface area contributed by atoms with Crippen LogP contribution in [0.25, 0.3) is 0 Å². The Kier molecular flexibility index (Phi) is 3.68. The fraction of sp³-hybridized carbons (Fsp3) is 0.294. The first-order chi connectivity index (χ1) is 10.0. The Bertz CT molecular complexity index is 686. The molecule has 0 saturated heterocycles. The number of nitrogen functional groups attached to an aromatic ring is 1. The van der Waals surface area contributed by atoms with Crippen molar-refractivity contribution in [2.45, 2.75) is 24.9 Å². The Hall–Kier alpha value is -1.52. The summed E-state index contributed by atoms with van der Waals surface area (Å²) in [6.45, 7) is 0. The zero-order valence-corrected chi connectivity index (χ0v) is 13.5. The fourth-order valence-corrected chi connectivity index (χ4v) is 3.45. The molecule has 4 heteroatoms. The number of methoxy groups -OCH3 is 1. The number of benzene rings is 2. The third kappa shape index (κ3) is 2.65. The number of anilines is 1. The lowest BCUT2D eigenvalue weighted by Crippen LogP contribution is -2.25. The van der Waals surface area contributed by atoms with Gasteiger partial charge >= 0.3 is 0 Å². The van der Waals surface area contributed by atoms with E-state index in [9.17, 15) is 5.11 Å². The molecule has 0 fully saturated rings. The van der Waals surface area contributed by atoms with Gasteiger partial charge in [0.2, 0.25) is 0 Å². The van der Waals surface area contributed by atoms with Crippen LogP contribution in [0, 0.1) is 0 Å². The van der Waals surface area contributed by atoms with Gasteiger partial charge in [0.25, 0.3) is 0 Å². The normalized spacial score (nSPS) is 20.3. The first kappa shape index (κ1) is 14.4. The van der Waals surface area contributed by atoms with Gasteiger partial charge in [0.1, 0.15) is 5.75 Å². The summed E-state index contributed by atoms with van der Waals surface area (Å²) in [6.07, 6.45) is 2.13. The quantitative estimate of drug-likeness (QED) is 0.836. The predicted molar refractivity (Wildman–Crippen MR) is 87.5 cm³/mol. The van der Waals surface area contributed by atoms with Crippen molar-refractivity contribution in [3.05, 3.63) is 57.6 Å². The Morgan fingerprint density at radius 2 is 2.10 bits per heavy atom. The SMILES string of the molecule is COc1ccc(Br)c(CC2(O)CCc3cc(N)ccc32)c1. The molecule has 3 rings (SSSR count). The Balaban J connectivity index is 1.96. The summed E-state index contributed by atoms with van der Waals surface area (Å²) in [5, 5.41) is 11.1. The van der Waals surface area contributed by atoms with E-state index in [0.717, 1.165) is 45.4 Å². The van der Waals surface area contributed by atoms with Crippen molar-refractivity contribution in [2.24, 2.45) is 0 Å². The van der Waals surface area contributed by atoms with E-state index in [4.69, 9.17) is 10.5 Å². The molecule has 0 amide bonds. The monoisotopic (exact) mass is 347 g/mol. The first-order valence-electron chi connectivity index (χ1n) is 6.95. The van der Waals surface area contributed by atoms with E-state index in [0.29, 0.717) is 6.42 Å². The van der Waals surface area contributed by atoms with Crippen LogP contribution in [0.15, 0.2) is 40.9 Å². The highest BCUT2D eigenvalue weighted by atomic mass is 79.9. The number of ether oxygens (including phenoxy) is 1. The van der Waals surface area contributed by atoms with Gasteiger partial charge in [-0.25, -0.2) is 0 Å². The highest BCUT2D eigenvalue weighted by Crippen LogP contribution is 2.41. The number of aliphatic hydroxyl groups is 1. The van der Waals surface area contributed by atoms with Gasteiger partial charge in [-0.2, -0.15) is 0 Å². The van der Waals surface area contributed by atoms with Crippen LogP contribution in [0.1, 0.15) is 23.1 Å². The number of nitrogens with two attached hydrogens (primary N) is 1. The van der Waals surface area contributed by atoms with Crippen molar-refractivity contribution in [3.63, 3.8) is 0 Å². The van der Waals surface area contributed by atoms with Gasteiger partial charge in [-0.15, -0.1) is 0 Å². The molecule has 21 heavy (non-hydrogen) atoms. The largest absolute Gasteiger partial charge is 0.497 e. The van der Waals surface area contributed by atoms with Crippen molar-refractivity contribution in [2.75, 3.05) is 12.8 Å². The van der Waals surface area contributed by atoms with Crippen LogP contribution < -0.4 is 10.5 Å². The molecule has 1 atom stereocenters. The summed E-state index contributed by atoms with van der Waals surface area (Å²) < 4.78 is 6.26. The summed E-state index contributed by atoms with van der Waals surface area (Å²) in [6, 6.07) is 11.6. The van der Waals surface area contributed by atoms with Gasteiger partial charge in [-0.3, -0.25) is 0 Å².